The summed E-state index contributed by atoms with van der Waals surface area (Å²) in [5.74, 6) is -4.61. The van der Waals surface area contributed by atoms with Crippen LogP contribution in [0.5, 0.6) is 11.5 Å². The van der Waals surface area contributed by atoms with Crippen molar-refractivity contribution in [3.63, 3.8) is 0 Å². The van der Waals surface area contributed by atoms with Gasteiger partial charge in [-0.05, 0) is 17.7 Å². The van der Waals surface area contributed by atoms with E-state index in [1.807, 2.05) is 4.98 Å². The minimum absolute atomic E-state index is 0.0528. The van der Waals surface area contributed by atoms with Crippen molar-refractivity contribution in [1.82, 2.24) is 4.98 Å². The number of carbonyl (C=O) groups excluding carboxylic acids is 1. The molecular formula is C17H15ClN2O9. The first-order valence-electron chi connectivity index (χ1n) is 7.72. The van der Waals surface area contributed by atoms with Crippen LogP contribution in [0, 0.1) is 0 Å². The number of carbonyl (C=O) groups is 3. The summed E-state index contributed by atoms with van der Waals surface area (Å²) in [6.07, 6.45) is 0. The zero-order chi connectivity index (χ0) is 21.9. The molecule has 0 aliphatic rings. The van der Waals surface area contributed by atoms with Gasteiger partial charge in [0.2, 0.25) is 0 Å². The van der Waals surface area contributed by atoms with E-state index in [0.717, 1.165) is 13.2 Å². The fraction of sp³-hybridized carbons (Fsp3) is 0.176. The fourth-order valence-electron chi connectivity index (χ4n) is 2.53. The monoisotopic (exact) mass is 426 g/mol. The molecule has 0 spiro atoms. The van der Waals surface area contributed by atoms with Crippen molar-refractivity contribution < 1.29 is 38.8 Å². The molecule has 0 saturated heterocycles. The van der Waals surface area contributed by atoms with E-state index >= 15 is 0 Å². The van der Waals surface area contributed by atoms with Gasteiger partial charge < -0.3 is 35.1 Å². The van der Waals surface area contributed by atoms with E-state index in [1.165, 1.54) is 13.2 Å². The van der Waals surface area contributed by atoms with Crippen molar-refractivity contribution >= 4 is 35.3 Å². The van der Waals surface area contributed by atoms with E-state index in [-0.39, 0.29) is 22.1 Å². The van der Waals surface area contributed by atoms with E-state index in [4.69, 9.17) is 26.8 Å². The highest BCUT2D eigenvalue weighted by Gasteiger charge is 2.28. The second-order valence-corrected chi connectivity index (χ2v) is 5.86. The standard InChI is InChI=1S/C17H15ClN2O9/c1-27-8-4-6(3-7(18)13(8)29-5-9(21)28-2)10-11(16(23)24)14(19)20-15(22)12(10)17(25)26/h3-4H,5H2,1-2H3,(H,23,24)(H,25,26)(H3,19,20,22). The fourth-order valence-corrected chi connectivity index (χ4v) is 2.79. The van der Waals surface area contributed by atoms with Crippen LogP contribution >= 0.6 is 11.6 Å². The lowest BCUT2D eigenvalue weighted by Crippen LogP contribution is -2.24. The van der Waals surface area contributed by atoms with Gasteiger partial charge in [0, 0.05) is 5.56 Å². The van der Waals surface area contributed by atoms with Gasteiger partial charge in [0.15, 0.2) is 18.1 Å². The molecule has 0 unspecified atom stereocenters. The Morgan fingerprint density at radius 2 is 1.76 bits per heavy atom. The van der Waals surface area contributed by atoms with E-state index in [1.54, 1.807) is 0 Å². The Morgan fingerprint density at radius 1 is 1.14 bits per heavy atom. The van der Waals surface area contributed by atoms with Crippen molar-refractivity contribution in [3.05, 3.63) is 38.6 Å². The number of methoxy groups -OCH3 is 2. The predicted octanol–water partition coefficient (Wildman–Crippen LogP) is 1.23. The molecule has 1 heterocycles. The first kappa shape index (κ1) is 21.6. The number of carboxylic acid groups (broad SMARTS) is 2. The van der Waals surface area contributed by atoms with E-state index in [9.17, 15) is 29.4 Å². The summed E-state index contributed by atoms with van der Waals surface area (Å²) in [4.78, 5) is 48.7. The molecule has 1 aromatic carbocycles. The molecule has 0 aliphatic heterocycles. The number of anilines is 1. The van der Waals surface area contributed by atoms with Crippen molar-refractivity contribution in [2.45, 2.75) is 0 Å². The number of nitrogens with one attached hydrogen (secondary N) is 1. The molecule has 29 heavy (non-hydrogen) atoms. The first-order valence-corrected chi connectivity index (χ1v) is 8.10. The number of aromatic nitrogens is 1. The molecule has 0 radical (unpaired) electrons. The SMILES string of the molecule is COC(=O)COc1c(Cl)cc(-c2c(C(=O)O)c(N)[nH]c(=O)c2C(=O)O)cc1OC. The summed E-state index contributed by atoms with van der Waals surface area (Å²) >= 11 is 6.16. The number of hydrogen-bond acceptors (Lipinski definition) is 8. The number of rotatable bonds is 7. The van der Waals surface area contributed by atoms with Crippen LogP contribution in [0.25, 0.3) is 11.1 Å². The Labute approximate surface area is 167 Å². The number of halogens is 1. The van der Waals surface area contributed by atoms with Crippen LogP contribution in [0.3, 0.4) is 0 Å². The second-order valence-electron chi connectivity index (χ2n) is 5.46. The van der Waals surface area contributed by atoms with Crippen LogP contribution < -0.4 is 20.8 Å². The Kier molecular flexibility index (Phi) is 6.34. The Bertz CT molecular complexity index is 1060. The molecule has 11 nitrogen and oxygen atoms in total. The summed E-state index contributed by atoms with van der Waals surface area (Å²) < 4.78 is 14.8. The molecule has 2 aromatic rings. The van der Waals surface area contributed by atoms with Gasteiger partial charge >= 0.3 is 17.9 Å². The molecule has 154 valence electrons. The molecule has 1 aromatic heterocycles. The number of aromatic carboxylic acids is 2. The minimum Gasteiger partial charge on any atom is -0.493 e. The summed E-state index contributed by atoms with van der Waals surface area (Å²) in [6.45, 7) is -0.495. The maximum absolute atomic E-state index is 12.1. The number of nitrogen functional groups attached to an aromatic ring is 1. The van der Waals surface area contributed by atoms with Crippen LogP contribution in [0.1, 0.15) is 20.7 Å². The number of esters is 1. The van der Waals surface area contributed by atoms with Crippen molar-refractivity contribution in [2.24, 2.45) is 0 Å². The predicted molar refractivity (Wildman–Crippen MR) is 99.9 cm³/mol. The van der Waals surface area contributed by atoms with E-state index in [2.05, 4.69) is 4.74 Å². The van der Waals surface area contributed by atoms with Gasteiger partial charge in [-0.1, -0.05) is 11.6 Å². The zero-order valence-corrected chi connectivity index (χ0v) is 15.8. The number of hydrogen-bond donors (Lipinski definition) is 4. The molecule has 0 saturated carbocycles. The maximum atomic E-state index is 12.1. The third-order valence-electron chi connectivity index (χ3n) is 3.75. The molecule has 5 N–H and O–H groups in total. The van der Waals surface area contributed by atoms with Crippen molar-refractivity contribution in [1.29, 1.82) is 0 Å². The largest absolute Gasteiger partial charge is 0.493 e. The average molecular weight is 427 g/mol. The van der Waals surface area contributed by atoms with Gasteiger partial charge in [0.1, 0.15) is 16.9 Å². The van der Waals surface area contributed by atoms with Gasteiger partial charge in [0.25, 0.3) is 5.56 Å². The highest BCUT2D eigenvalue weighted by Crippen LogP contribution is 2.41. The van der Waals surface area contributed by atoms with Gasteiger partial charge in [0.05, 0.1) is 19.2 Å². The first-order chi connectivity index (χ1) is 13.6. The van der Waals surface area contributed by atoms with Crippen LogP contribution in [-0.4, -0.2) is 53.9 Å². The number of pyridine rings is 1. The Balaban J connectivity index is 2.80. The average Bonchev–Trinajstić information content (AvgIpc) is 2.64. The van der Waals surface area contributed by atoms with E-state index in [0.29, 0.717) is 0 Å². The zero-order valence-electron chi connectivity index (χ0n) is 15.1. The van der Waals surface area contributed by atoms with Crippen LogP contribution in [-0.2, 0) is 9.53 Å². The Hall–Kier alpha value is -3.73. The molecule has 0 aliphatic carbocycles. The lowest BCUT2D eigenvalue weighted by atomic mass is 9.95. The van der Waals surface area contributed by atoms with Gasteiger partial charge in [-0.25, -0.2) is 14.4 Å². The molecule has 12 heteroatoms. The third-order valence-corrected chi connectivity index (χ3v) is 4.03. The third kappa shape index (κ3) is 4.24. The smallest absolute Gasteiger partial charge is 0.343 e. The lowest BCUT2D eigenvalue weighted by Gasteiger charge is -2.16. The maximum Gasteiger partial charge on any atom is 0.343 e. The van der Waals surface area contributed by atoms with Gasteiger partial charge in [-0.15, -0.1) is 0 Å². The highest BCUT2D eigenvalue weighted by atomic mass is 35.5. The van der Waals surface area contributed by atoms with E-state index < -0.39 is 52.6 Å². The molecule has 0 amide bonds. The lowest BCUT2D eigenvalue weighted by molar-refractivity contribution is -0.142. The normalized spacial score (nSPS) is 10.3. The summed E-state index contributed by atoms with van der Waals surface area (Å²) in [7, 11) is 2.40. The summed E-state index contributed by atoms with van der Waals surface area (Å²) in [5.41, 5.74) is 2.46. The molecule has 2 rings (SSSR count). The number of nitrogens with two attached hydrogens (primary N) is 1. The molecule has 0 fully saturated rings. The number of carboxylic acids is 2. The van der Waals surface area contributed by atoms with Gasteiger partial charge in [-0.3, -0.25) is 4.79 Å². The van der Waals surface area contributed by atoms with Crippen LogP contribution in [0.15, 0.2) is 16.9 Å². The quantitative estimate of drug-likeness (QED) is 0.470. The number of H-pyrrole nitrogens is 1. The second kappa shape index (κ2) is 8.52. The number of benzene rings is 1. The molecule has 0 atom stereocenters. The van der Waals surface area contributed by atoms with Gasteiger partial charge in [-0.2, -0.15) is 0 Å². The molecular weight excluding hydrogens is 412 g/mol. The van der Waals surface area contributed by atoms with Crippen LogP contribution in [0.2, 0.25) is 5.02 Å². The van der Waals surface area contributed by atoms with Crippen molar-refractivity contribution in [2.75, 3.05) is 26.6 Å². The minimum atomic E-state index is -1.68. The van der Waals surface area contributed by atoms with Crippen molar-refractivity contribution in [3.8, 4) is 22.6 Å². The molecule has 0 bridgehead atoms. The Morgan fingerprint density at radius 3 is 2.28 bits per heavy atom. The number of aromatic amines is 1. The summed E-state index contributed by atoms with van der Waals surface area (Å²) in [6, 6.07) is 2.36. The highest BCUT2D eigenvalue weighted by molar-refractivity contribution is 6.32. The van der Waals surface area contributed by atoms with Crippen LogP contribution in [0.4, 0.5) is 5.82 Å². The number of ether oxygens (including phenoxy) is 3. The topological polar surface area (TPSA) is 178 Å². The summed E-state index contributed by atoms with van der Waals surface area (Å²) in [5, 5.41) is 18.8.